The van der Waals surface area contributed by atoms with E-state index in [1.54, 1.807) is 0 Å². The number of amides is 1. The topological polar surface area (TPSA) is 120 Å². The number of hydrogen-bond acceptors (Lipinski definition) is 6. The molecule has 1 saturated heterocycles. The third-order valence-electron chi connectivity index (χ3n) is 3.54. The number of rotatable bonds is 5. The maximum Gasteiger partial charge on any atom is 0.294 e. The summed E-state index contributed by atoms with van der Waals surface area (Å²) in [5.41, 5.74) is 2.00. The van der Waals surface area contributed by atoms with Gasteiger partial charge in [0, 0.05) is 24.8 Å². The van der Waals surface area contributed by atoms with Crippen LogP contribution in [0, 0.1) is 10.1 Å². The molecule has 0 spiro atoms. The lowest BCUT2D eigenvalue weighted by Crippen LogP contribution is -2.40. The normalized spacial score (nSPS) is 21.0. The molecule has 1 unspecified atom stereocenters. The predicted octanol–water partition coefficient (Wildman–Crippen LogP) is 1.18. The van der Waals surface area contributed by atoms with Crippen LogP contribution in [0.25, 0.3) is 0 Å². The molecule has 1 aliphatic rings. The highest BCUT2D eigenvalue weighted by atomic mass is 16.6. The fraction of sp³-hybridized carbons (Fsp3) is 0.462. The van der Waals surface area contributed by atoms with Crippen LogP contribution < -0.4 is 16.6 Å². The van der Waals surface area contributed by atoms with Gasteiger partial charge in [0.15, 0.2) is 0 Å². The number of carbonyl (C=O) groups is 1. The van der Waals surface area contributed by atoms with Crippen LogP contribution in [0.15, 0.2) is 18.2 Å². The van der Waals surface area contributed by atoms with Crippen molar-refractivity contribution in [3.05, 3.63) is 33.9 Å². The highest BCUT2D eigenvalue weighted by Crippen LogP contribution is 2.26. The molecule has 1 aromatic carbocycles. The highest BCUT2D eigenvalue weighted by Gasteiger charge is 2.30. The lowest BCUT2D eigenvalue weighted by Gasteiger charge is -2.23. The van der Waals surface area contributed by atoms with Crippen molar-refractivity contribution < 1.29 is 14.5 Å². The van der Waals surface area contributed by atoms with Crippen molar-refractivity contribution in [3.8, 4) is 0 Å². The molecule has 21 heavy (non-hydrogen) atoms. The van der Waals surface area contributed by atoms with Crippen LogP contribution in [0.3, 0.4) is 0 Å². The molecule has 1 aliphatic heterocycles. The Kier molecular flexibility index (Phi) is 4.39. The lowest BCUT2D eigenvalue weighted by molar-refractivity contribution is -0.384. The second kappa shape index (κ2) is 6.06. The van der Waals surface area contributed by atoms with Gasteiger partial charge in [0.25, 0.3) is 11.6 Å². The summed E-state index contributed by atoms with van der Waals surface area (Å²) in [6.45, 7) is 3.00. The zero-order chi connectivity index (χ0) is 15.5. The maximum absolute atomic E-state index is 12.1. The smallest absolute Gasteiger partial charge is 0.294 e. The lowest BCUT2D eigenvalue weighted by atomic mass is 10.0. The number of anilines is 1. The molecule has 0 aromatic heterocycles. The molecule has 1 atom stereocenters. The number of nitro groups is 1. The molecule has 2 rings (SSSR count). The predicted molar refractivity (Wildman–Crippen MR) is 76.8 cm³/mol. The summed E-state index contributed by atoms with van der Waals surface area (Å²) in [4.78, 5) is 22.4. The maximum atomic E-state index is 12.1. The summed E-state index contributed by atoms with van der Waals surface area (Å²) in [6, 6.07) is 4.08. The molecule has 0 bridgehead atoms. The van der Waals surface area contributed by atoms with E-state index in [0.717, 1.165) is 12.8 Å². The van der Waals surface area contributed by atoms with Crippen LogP contribution in [0.5, 0.6) is 0 Å². The van der Waals surface area contributed by atoms with Crippen molar-refractivity contribution >= 4 is 17.3 Å². The van der Waals surface area contributed by atoms with Gasteiger partial charge in [-0.1, -0.05) is 0 Å². The Morgan fingerprint density at radius 1 is 1.57 bits per heavy atom. The van der Waals surface area contributed by atoms with Gasteiger partial charge in [-0.05, 0) is 31.9 Å². The Labute approximate surface area is 121 Å². The van der Waals surface area contributed by atoms with E-state index in [4.69, 9.17) is 10.6 Å². The van der Waals surface area contributed by atoms with Crippen LogP contribution in [-0.2, 0) is 4.74 Å². The fourth-order valence-corrected chi connectivity index (χ4v) is 2.29. The molecule has 1 amide bonds. The van der Waals surface area contributed by atoms with Crippen molar-refractivity contribution in [2.75, 3.05) is 18.6 Å². The molecule has 1 heterocycles. The number of nitrogens with two attached hydrogens (primary N) is 1. The standard InChI is InChI=1S/C13H18N4O4/c1-13(5-2-6-21-13)8-15-12(18)9-3-4-10(16-14)11(7-9)17(19)20/h3-4,7,16H,2,5-6,8,14H2,1H3,(H,15,18). The summed E-state index contributed by atoms with van der Waals surface area (Å²) >= 11 is 0. The first-order chi connectivity index (χ1) is 9.95. The highest BCUT2D eigenvalue weighted by molar-refractivity contribution is 5.95. The minimum absolute atomic E-state index is 0.155. The minimum Gasteiger partial charge on any atom is -0.373 e. The van der Waals surface area contributed by atoms with Gasteiger partial charge in [0.05, 0.1) is 10.5 Å². The first kappa shape index (κ1) is 15.2. The van der Waals surface area contributed by atoms with E-state index >= 15 is 0 Å². The van der Waals surface area contributed by atoms with Crippen LogP contribution in [-0.4, -0.2) is 29.6 Å². The summed E-state index contributed by atoms with van der Waals surface area (Å²) < 4.78 is 5.58. The SMILES string of the molecule is CC1(CNC(=O)c2ccc(NN)c([N+](=O)[O-])c2)CCCO1. The fourth-order valence-electron chi connectivity index (χ4n) is 2.29. The first-order valence-corrected chi connectivity index (χ1v) is 6.62. The first-order valence-electron chi connectivity index (χ1n) is 6.62. The van der Waals surface area contributed by atoms with Crippen molar-refractivity contribution in [2.24, 2.45) is 5.84 Å². The number of hydrazine groups is 1. The van der Waals surface area contributed by atoms with E-state index in [-0.39, 0.29) is 28.4 Å². The van der Waals surface area contributed by atoms with Crippen LogP contribution >= 0.6 is 0 Å². The van der Waals surface area contributed by atoms with Crippen molar-refractivity contribution in [3.63, 3.8) is 0 Å². The summed E-state index contributed by atoms with van der Waals surface area (Å²) in [7, 11) is 0. The van der Waals surface area contributed by atoms with Gasteiger partial charge in [-0.2, -0.15) is 0 Å². The molecule has 0 saturated carbocycles. The Balaban J connectivity index is 2.08. The number of nitro benzene ring substituents is 1. The summed E-state index contributed by atoms with van der Waals surface area (Å²) in [6.07, 6.45) is 1.85. The molecular formula is C13H18N4O4. The Morgan fingerprint density at radius 3 is 2.90 bits per heavy atom. The molecule has 1 aromatic rings. The minimum atomic E-state index is -0.590. The molecule has 8 nitrogen and oxygen atoms in total. The Bertz CT molecular complexity index is 555. The number of carbonyl (C=O) groups excluding carboxylic acids is 1. The van der Waals surface area contributed by atoms with Gasteiger partial charge in [-0.3, -0.25) is 20.8 Å². The number of nitrogen functional groups attached to an aromatic ring is 1. The summed E-state index contributed by atoms with van der Waals surface area (Å²) in [5.74, 6) is 4.83. The van der Waals surface area contributed by atoms with Crippen molar-refractivity contribution in [1.82, 2.24) is 5.32 Å². The quantitative estimate of drug-likeness (QED) is 0.426. The zero-order valence-electron chi connectivity index (χ0n) is 11.7. The number of benzene rings is 1. The number of nitrogens with one attached hydrogen (secondary N) is 2. The van der Waals surface area contributed by atoms with E-state index in [2.05, 4.69) is 10.7 Å². The molecule has 1 fully saturated rings. The Hall–Kier alpha value is -2.19. The van der Waals surface area contributed by atoms with Gasteiger partial charge in [0.1, 0.15) is 5.69 Å². The molecule has 0 radical (unpaired) electrons. The van der Waals surface area contributed by atoms with E-state index < -0.39 is 4.92 Å². The zero-order valence-corrected chi connectivity index (χ0v) is 11.7. The largest absolute Gasteiger partial charge is 0.373 e. The van der Waals surface area contributed by atoms with E-state index in [9.17, 15) is 14.9 Å². The van der Waals surface area contributed by atoms with Gasteiger partial charge in [0.2, 0.25) is 0 Å². The number of nitrogens with zero attached hydrogens (tertiary/aromatic N) is 1. The second-order valence-corrected chi connectivity index (χ2v) is 5.22. The second-order valence-electron chi connectivity index (χ2n) is 5.22. The van der Waals surface area contributed by atoms with Crippen LogP contribution in [0.4, 0.5) is 11.4 Å². The van der Waals surface area contributed by atoms with Gasteiger partial charge < -0.3 is 15.5 Å². The van der Waals surface area contributed by atoms with Crippen LogP contribution in [0.2, 0.25) is 0 Å². The average Bonchev–Trinajstić information content (AvgIpc) is 2.91. The molecule has 4 N–H and O–H groups in total. The monoisotopic (exact) mass is 294 g/mol. The van der Waals surface area contributed by atoms with E-state index in [0.29, 0.717) is 13.2 Å². The molecular weight excluding hydrogens is 276 g/mol. The average molecular weight is 294 g/mol. The third kappa shape index (κ3) is 3.47. The molecule has 114 valence electrons. The van der Waals surface area contributed by atoms with E-state index in [1.807, 2.05) is 6.92 Å². The van der Waals surface area contributed by atoms with E-state index in [1.165, 1.54) is 18.2 Å². The Morgan fingerprint density at radius 2 is 2.33 bits per heavy atom. The van der Waals surface area contributed by atoms with Crippen molar-refractivity contribution in [2.45, 2.75) is 25.4 Å². The molecule has 8 heteroatoms. The van der Waals surface area contributed by atoms with Gasteiger partial charge in [-0.15, -0.1) is 0 Å². The number of hydrogen-bond donors (Lipinski definition) is 3. The number of ether oxygens (including phenoxy) is 1. The molecule has 0 aliphatic carbocycles. The third-order valence-corrected chi connectivity index (χ3v) is 3.54. The van der Waals surface area contributed by atoms with Crippen LogP contribution in [0.1, 0.15) is 30.1 Å². The summed E-state index contributed by atoms with van der Waals surface area (Å²) in [5, 5.41) is 13.7. The van der Waals surface area contributed by atoms with Gasteiger partial charge in [-0.25, -0.2) is 0 Å². The van der Waals surface area contributed by atoms with Gasteiger partial charge >= 0.3 is 0 Å². The van der Waals surface area contributed by atoms with Crippen molar-refractivity contribution in [1.29, 1.82) is 0 Å².